The SMILES string of the molecule is COc1cc(NCCN2CCN(c3ncccn3)CC2)c([N+](=O)[O-])cc1F. The number of nitro groups is 1. The Morgan fingerprint density at radius 3 is 2.59 bits per heavy atom. The monoisotopic (exact) mass is 376 g/mol. The molecule has 0 atom stereocenters. The van der Waals surface area contributed by atoms with Gasteiger partial charge >= 0.3 is 0 Å². The molecule has 0 spiro atoms. The Bertz CT molecular complexity index is 784. The molecule has 144 valence electrons. The van der Waals surface area contributed by atoms with Crippen LogP contribution in [0.1, 0.15) is 0 Å². The zero-order valence-corrected chi connectivity index (χ0v) is 15.0. The third-order valence-electron chi connectivity index (χ3n) is 4.42. The number of hydrogen-bond donors (Lipinski definition) is 1. The maximum Gasteiger partial charge on any atom is 0.295 e. The molecule has 0 aliphatic carbocycles. The zero-order chi connectivity index (χ0) is 19.2. The maximum atomic E-state index is 13.7. The van der Waals surface area contributed by atoms with Gasteiger partial charge in [0.05, 0.1) is 18.1 Å². The highest BCUT2D eigenvalue weighted by Crippen LogP contribution is 2.31. The number of ether oxygens (including phenoxy) is 1. The molecule has 1 aromatic heterocycles. The summed E-state index contributed by atoms with van der Waals surface area (Å²) in [5, 5.41) is 14.2. The van der Waals surface area contributed by atoms with Crippen LogP contribution in [0.5, 0.6) is 5.75 Å². The third-order valence-corrected chi connectivity index (χ3v) is 4.42. The molecule has 2 heterocycles. The molecule has 3 rings (SSSR count). The summed E-state index contributed by atoms with van der Waals surface area (Å²) in [5.74, 6) is -0.0575. The first kappa shape index (κ1) is 18.8. The summed E-state index contributed by atoms with van der Waals surface area (Å²) >= 11 is 0. The predicted molar refractivity (Wildman–Crippen MR) is 98.8 cm³/mol. The lowest BCUT2D eigenvalue weighted by Crippen LogP contribution is -2.48. The average Bonchev–Trinajstić information content (AvgIpc) is 2.70. The number of aromatic nitrogens is 2. The van der Waals surface area contributed by atoms with Gasteiger partial charge in [0.25, 0.3) is 5.69 Å². The molecule has 1 N–H and O–H groups in total. The topological polar surface area (TPSA) is 96.7 Å². The number of nitrogens with one attached hydrogen (secondary N) is 1. The fraction of sp³-hybridized carbons (Fsp3) is 0.412. The minimum Gasteiger partial charge on any atom is -0.494 e. The number of anilines is 2. The lowest BCUT2D eigenvalue weighted by Gasteiger charge is -2.34. The van der Waals surface area contributed by atoms with Crippen LogP contribution in [-0.4, -0.2) is 66.2 Å². The van der Waals surface area contributed by atoms with Crippen molar-refractivity contribution in [3.05, 3.63) is 46.5 Å². The average molecular weight is 376 g/mol. The molecule has 0 saturated carbocycles. The zero-order valence-electron chi connectivity index (χ0n) is 15.0. The van der Waals surface area contributed by atoms with Crippen molar-refractivity contribution in [2.75, 3.05) is 56.6 Å². The summed E-state index contributed by atoms with van der Waals surface area (Å²) < 4.78 is 18.6. The van der Waals surface area contributed by atoms with Crippen LogP contribution in [0, 0.1) is 15.9 Å². The van der Waals surface area contributed by atoms with E-state index < -0.39 is 10.7 Å². The van der Waals surface area contributed by atoms with Crippen molar-refractivity contribution in [3.8, 4) is 5.75 Å². The summed E-state index contributed by atoms with van der Waals surface area (Å²) in [6.45, 7) is 4.52. The molecule has 10 heteroatoms. The van der Waals surface area contributed by atoms with E-state index in [0.717, 1.165) is 38.2 Å². The van der Waals surface area contributed by atoms with Crippen LogP contribution in [0.25, 0.3) is 0 Å². The van der Waals surface area contributed by atoms with E-state index >= 15 is 0 Å². The van der Waals surface area contributed by atoms with Gasteiger partial charge in [0.1, 0.15) is 5.69 Å². The van der Waals surface area contributed by atoms with E-state index in [4.69, 9.17) is 4.74 Å². The van der Waals surface area contributed by atoms with Crippen molar-refractivity contribution in [2.24, 2.45) is 0 Å². The summed E-state index contributed by atoms with van der Waals surface area (Å²) in [5.41, 5.74) is -0.0612. The molecule has 27 heavy (non-hydrogen) atoms. The van der Waals surface area contributed by atoms with E-state index in [1.807, 2.05) is 0 Å². The quantitative estimate of drug-likeness (QED) is 0.577. The second-order valence-electron chi connectivity index (χ2n) is 6.07. The number of nitro benzene ring substituents is 1. The van der Waals surface area contributed by atoms with Crippen LogP contribution in [0.4, 0.5) is 21.7 Å². The Balaban J connectivity index is 1.53. The molecule has 0 radical (unpaired) electrons. The van der Waals surface area contributed by atoms with Crippen LogP contribution >= 0.6 is 0 Å². The van der Waals surface area contributed by atoms with E-state index in [2.05, 4.69) is 25.1 Å². The highest BCUT2D eigenvalue weighted by molar-refractivity contribution is 5.64. The highest BCUT2D eigenvalue weighted by Gasteiger charge is 2.21. The van der Waals surface area contributed by atoms with Gasteiger partial charge in [-0.25, -0.2) is 14.4 Å². The van der Waals surface area contributed by atoms with Gasteiger partial charge in [-0.2, -0.15) is 0 Å². The third kappa shape index (κ3) is 4.59. The summed E-state index contributed by atoms with van der Waals surface area (Å²) in [7, 11) is 1.32. The molecule has 1 aliphatic heterocycles. The van der Waals surface area contributed by atoms with Crippen molar-refractivity contribution in [3.63, 3.8) is 0 Å². The summed E-state index contributed by atoms with van der Waals surface area (Å²) in [6.07, 6.45) is 3.45. The van der Waals surface area contributed by atoms with Gasteiger partial charge in [-0.05, 0) is 6.07 Å². The molecule has 1 aliphatic rings. The Morgan fingerprint density at radius 2 is 1.96 bits per heavy atom. The Hall–Kier alpha value is -3.01. The second kappa shape index (κ2) is 8.58. The van der Waals surface area contributed by atoms with Gasteiger partial charge in [0.15, 0.2) is 11.6 Å². The maximum absolute atomic E-state index is 13.7. The van der Waals surface area contributed by atoms with Gasteiger partial charge in [0, 0.05) is 57.7 Å². The first-order valence-corrected chi connectivity index (χ1v) is 8.58. The van der Waals surface area contributed by atoms with Crippen LogP contribution in [0.15, 0.2) is 30.6 Å². The fourth-order valence-electron chi connectivity index (χ4n) is 2.97. The molecule has 0 bridgehead atoms. The first-order chi connectivity index (χ1) is 13.1. The van der Waals surface area contributed by atoms with Crippen molar-refractivity contribution >= 4 is 17.3 Å². The van der Waals surface area contributed by atoms with Gasteiger partial charge in [-0.15, -0.1) is 0 Å². The number of methoxy groups -OCH3 is 1. The number of benzene rings is 1. The van der Waals surface area contributed by atoms with Crippen molar-refractivity contribution in [1.29, 1.82) is 0 Å². The molecule has 1 aromatic carbocycles. The molecule has 1 fully saturated rings. The molecule has 0 amide bonds. The summed E-state index contributed by atoms with van der Waals surface area (Å²) in [6, 6.07) is 3.98. The van der Waals surface area contributed by atoms with Gasteiger partial charge in [-0.1, -0.05) is 0 Å². The predicted octanol–water partition coefficient (Wildman–Crippen LogP) is 1.77. The smallest absolute Gasteiger partial charge is 0.295 e. The molecule has 2 aromatic rings. The number of nitrogens with zero attached hydrogens (tertiary/aromatic N) is 5. The van der Waals surface area contributed by atoms with Crippen LogP contribution in [-0.2, 0) is 0 Å². The second-order valence-corrected chi connectivity index (χ2v) is 6.07. The molecule has 0 unspecified atom stereocenters. The Labute approximate surface area is 155 Å². The molecular weight excluding hydrogens is 355 g/mol. The van der Waals surface area contributed by atoms with E-state index in [9.17, 15) is 14.5 Å². The van der Waals surface area contributed by atoms with Gasteiger partial charge in [0.2, 0.25) is 5.95 Å². The Kier molecular flexibility index (Phi) is 5.97. The van der Waals surface area contributed by atoms with Crippen LogP contribution in [0.2, 0.25) is 0 Å². The fourth-order valence-corrected chi connectivity index (χ4v) is 2.97. The number of piperazine rings is 1. The van der Waals surface area contributed by atoms with E-state index in [1.54, 1.807) is 18.5 Å². The van der Waals surface area contributed by atoms with Crippen molar-refractivity contribution in [2.45, 2.75) is 0 Å². The van der Waals surface area contributed by atoms with Crippen LogP contribution < -0.4 is 15.0 Å². The van der Waals surface area contributed by atoms with E-state index in [-0.39, 0.29) is 17.1 Å². The highest BCUT2D eigenvalue weighted by atomic mass is 19.1. The van der Waals surface area contributed by atoms with Crippen molar-refractivity contribution in [1.82, 2.24) is 14.9 Å². The van der Waals surface area contributed by atoms with E-state index in [1.165, 1.54) is 13.2 Å². The number of rotatable bonds is 7. The lowest BCUT2D eigenvalue weighted by molar-refractivity contribution is -0.384. The summed E-state index contributed by atoms with van der Waals surface area (Å²) in [4.78, 5) is 23.4. The normalized spacial score (nSPS) is 14.8. The minimum absolute atomic E-state index is 0.0282. The largest absolute Gasteiger partial charge is 0.494 e. The lowest BCUT2D eigenvalue weighted by atomic mass is 10.2. The Morgan fingerprint density at radius 1 is 1.26 bits per heavy atom. The molecular formula is C17H21FN6O3. The molecule has 1 saturated heterocycles. The van der Waals surface area contributed by atoms with Crippen LogP contribution in [0.3, 0.4) is 0 Å². The van der Waals surface area contributed by atoms with Gasteiger partial charge < -0.3 is 15.0 Å². The standard InChI is InChI=1S/C17H21FN6O3/c1-27-16-12-14(15(24(25)26)11-13(16)18)19-5-6-22-7-9-23(10-8-22)17-20-3-2-4-21-17/h2-4,11-12,19H,5-10H2,1H3. The number of hydrogen-bond acceptors (Lipinski definition) is 8. The number of halogens is 1. The minimum atomic E-state index is -0.756. The first-order valence-electron chi connectivity index (χ1n) is 8.58. The molecule has 9 nitrogen and oxygen atoms in total. The van der Waals surface area contributed by atoms with E-state index in [0.29, 0.717) is 13.1 Å². The van der Waals surface area contributed by atoms with Gasteiger partial charge in [-0.3, -0.25) is 15.0 Å². The van der Waals surface area contributed by atoms with Crippen molar-refractivity contribution < 1.29 is 14.1 Å².